The molecule has 0 amide bonds. The van der Waals surface area contributed by atoms with Gasteiger partial charge in [-0.2, -0.15) is 0 Å². The quantitative estimate of drug-likeness (QED) is 0.725. The van der Waals surface area contributed by atoms with E-state index in [-0.39, 0.29) is 24.3 Å². The third kappa shape index (κ3) is 3.94. The van der Waals surface area contributed by atoms with Gasteiger partial charge in [-0.05, 0) is 12.8 Å². The van der Waals surface area contributed by atoms with Crippen molar-refractivity contribution < 1.29 is 19.0 Å². The third-order valence-corrected chi connectivity index (χ3v) is 2.80. The van der Waals surface area contributed by atoms with Gasteiger partial charge in [-0.1, -0.05) is 13.8 Å². The Morgan fingerprint density at radius 3 is 2.32 bits per heavy atom. The molecule has 1 rings (SSSR count). The van der Waals surface area contributed by atoms with Crippen LogP contribution in [0.1, 0.15) is 27.2 Å². The third-order valence-electron chi connectivity index (χ3n) is 2.80. The average molecular weight is 270 g/mol. The van der Waals surface area contributed by atoms with Gasteiger partial charge in [-0.25, -0.2) is 9.98 Å². The molecule has 1 aliphatic heterocycles. The van der Waals surface area contributed by atoms with Crippen LogP contribution in [0.2, 0.25) is 0 Å². The van der Waals surface area contributed by atoms with E-state index < -0.39 is 6.04 Å². The lowest BCUT2D eigenvalue weighted by molar-refractivity contribution is -0.143. The van der Waals surface area contributed by atoms with E-state index >= 15 is 0 Å². The van der Waals surface area contributed by atoms with Crippen LogP contribution < -0.4 is 0 Å². The second kappa shape index (κ2) is 7.11. The summed E-state index contributed by atoms with van der Waals surface area (Å²) in [6, 6.07) is -0.632. The molecule has 19 heavy (non-hydrogen) atoms. The highest BCUT2D eigenvalue weighted by molar-refractivity contribution is 5.95. The van der Waals surface area contributed by atoms with Gasteiger partial charge in [0, 0.05) is 0 Å². The molecule has 0 spiro atoms. The first-order valence-electron chi connectivity index (χ1n) is 6.42. The molecular formula is C13H22N2O4. The van der Waals surface area contributed by atoms with E-state index in [0.717, 1.165) is 0 Å². The van der Waals surface area contributed by atoms with Crippen molar-refractivity contribution >= 4 is 17.8 Å². The van der Waals surface area contributed by atoms with Crippen LogP contribution in [0.25, 0.3) is 0 Å². The Kier molecular flexibility index (Phi) is 5.79. The van der Waals surface area contributed by atoms with E-state index in [1.807, 2.05) is 13.8 Å². The summed E-state index contributed by atoms with van der Waals surface area (Å²) >= 11 is 0. The molecule has 0 aliphatic carbocycles. The molecule has 0 saturated heterocycles. The highest BCUT2D eigenvalue weighted by Crippen LogP contribution is 2.19. The van der Waals surface area contributed by atoms with E-state index in [0.29, 0.717) is 18.4 Å². The molecule has 0 N–H and O–H groups in total. The Balaban J connectivity index is 2.89. The first kappa shape index (κ1) is 15.5. The minimum atomic E-state index is -0.464. The summed E-state index contributed by atoms with van der Waals surface area (Å²) in [5.41, 5.74) is 0. The Hall–Kier alpha value is -1.59. The number of hydrogen-bond donors (Lipinski definition) is 0. The highest BCUT2D eigenvalue weighted by Gasteiger charge is 2.32. The number of esters is 1. The predicted octanol–water partition coefficient (Wildman–Crippen LogP) is 1.44. The van der Waals surface area contributed by atoms with Gasteiger partial charge in [0.05, 0.1) is 27.2 Å². The molecule has 0 fully saturated rings. The van der Waals surface area contributed by atoms with Gasteiger partial charge in [0.15, 0.2) is 0 Å². The number of aliphatic imine (C=N–C) groups is 2. The van der Waals surface area contributed by atoms with E-state index in [2.05, 4.69) is 9.98 Å². The maximum absolute atomic E-state index is 11.5. The van der Waals surface area contributed by atoms with E-state index in [1.165, 1.54) is 7.11 Å². The van der Waals surface area contributed by atoms with Crippen molar-refractivity contribution in [3.63, 3.8) is 0 Å². The zero-order chi connectivity index (χ0) is 14.4. The summed E-state index contributed by atoms with van der Waals surface area (Å²) in [6.45, 7) is 6.17. The maximum Gasteiger partial charge on any atom is 0.308 e. The number of carbonyl (C=O) groups is 1. The van der Waals surface area contributed by atoms with Crippen molar-refractivity contribution in [2.24, 2.45) is 15.9 Å². The van der Waals surface area contributed by atoms with Gasteiger partial charge < -0.3 is 14.2 Å². The van der Waals surface area contributed by atoms with Crippen molar-refractivity contribution in [2.75, 3.05) is 20.8 Å². The summed E-state index contributed by atoms with van der Waals surface area (Å²) in [6.07, 6.45) is 0.109. The van der Waals surface area contributed by atoms with Gasteiger partial charge in [0.1, 0.15) is 12.1 Å². The molecule has 6 nitrogen and oxygen atoms in total. The zero-order valence-corrected chi connectivity index (χ0v) is 12.2. The number of rotatable bonds is 4. The van der Waals surface area contributed by atoms with Crippen LogP contribution in [0.5, 0.6) is 0 Å². The first-order valence-corrected chi connectivity index (χ1v) is 6.42. The van der Waals surface area contributed by atoms with Crippen molar-refractivity contribution in [3.8, 4) is 0 Å². The van der Waals surface area contributed by atoms with E-state index in [9.17, 15) is 4.79 Å². The van der Waals surface area contributed by atoms with Gasteiger partial charge >= 0.3 is 5.97 Å². The Labute approximate surface area is 113 Å². The molecule has 0 radical (unpaired) electrons. The molecule has 0 aromatic rings. The Morgan fingerprint density at radius 2 is 1.84 bits per heavy atom. The number of methoxy groups -OCH3 is 2. The SMILES string of the molecule is CCOC(=O)CC1N=C(OC)[C@@H](C(C)C)N=C1OC. The molecule has 1 aliphatic rings. The van der Waals surface area contributed by atoms with Gasteiger partial charge in [0.25, 0.3) is 0 Å². The van der Waals surface area contributed by atoms with Crippen molar-refractivity contribution in [3.05, 3.63) is 0 Å². The smallest absolute Gasteiger partial charge is 0.308 e. The second-order valence-corrected chi connectivity index (χ2v) is 4.56. The molecule has 0 bridgehead atoms. The summed E-state index contributed by atoms with van der Waals surface area (Å²) in [4.78, 5) is 20.4. The predicted molar refractivity (Wildman–Crippen MR) is 72.6 cm³/mol. The van der Waals surface area contributed by atoms with Gasteiger partial charge in [0.2, 0.25) is 11.8 Å². The van der Waals surface area contributed by atoms with E-state index in [4.69, 9.17) is 14.2 Å². The summed E-state index contributed by atoms with van der Waals surface area (Å²) in [5, 5.41) is 0. The van der Waals surface area contributed by atoms with Crippen molar-refractivity contribution in [1.82, 2.24) is 0 Å². The van der Waals surface area contributed by atoms with Crippen LogP contribution in [-0.2, 0) is 19.0 Å². The lowest BCUT2D eigenvalue weighted by Gasteiger charge is -2.26. The fourth-order valence-electron chi connectivity index (χ4n) is 1.87. The molecule has 0 aromatic heterocycles. The second-order valence-electron chi connectivity index (χ2n) is 4.56. The monoisotopic (exact) mass is 270 g/mol. The van der Waals surface area contributed by atoms with Crippen LogP contribution in [0, 0.1) is 5.92 Å². The fourth-order valence-corrected chi connectivity index (χ4v) is 1.87. The number of ether oxygens (including phenoxy) is 3. The molecule has 6 heteroatoms. The fraction of sp³-hybridized carbons (Fsp3) is 0.769. The molecule has 108 valence electrons. The highest BCUT2D eigenvalue weighted by atomic mass is 16.5. The first-order chi connectivity index (χ1) is 9.03. The zero-order valence-electron chi connectivity index (χ0n) is 12.2. The Bertz CT molecular complexity index is 377. The van der Waals surface area contributed by atoms with Crippen LogP contribution >= 0.6 is 0 Å². The maximum atomic E-state index is 11.5. The topological polar surface area (TPSA) is 69.5 Å². The normalized spacial score (nSPS) is 22.6. The molecule has 1 heterocycles. The van der Waals surface area contributed by atoms with Crippen LogP contribution in [0.4, 0.5) is 0 Å². The van der Waals surface area contributed by atoms with Crippen molar-refractivity contribution in [2.45, 2.75) is 39.3 Å². The molecular weight excluding hydrogens is 248 g/mol. The molecule has 0 aromatic carbocycles. The molecule has 1 unspecified atom stereocenters. The summed E-state index contributed by atoms with van der Waals surface area (Å²) < 4.78 is 15.4. The molecule has 2 atom stereocenters. The van der Waals surface area contributed by atoms with Gasteiger partial charge in [-0.3, -0.25) is 4.79 Å². The lowest BCUT2D eigenvalue weighted by Crippen LogP contribution is -2.38. The van der Waals surface area contributed by atoms with E-state index in [1.54, 1.807) is 14.0 Å². The summed E-state index contributed by atoms with van der Waals surface area (Å²) in [7, 11) is 3.09. The number of carbonyl (C=O) groups excluding carboxylic acids is 1. The van der Waals surface area contributed by atoms with Gasteiger partial charge in [-0.15, -0.1) is 0 Å². The average Bonchev–Trinajstić information content (AvgIpc) is 2.38. The standard InChI is InChI=1S/C13H22N2O4/c1-6-19-10(16)7-9-12(17-4)15-11(8(2)3)13(14-9)18-5/h8-9,11H,6-7H2,1-5H3/t9?,11-/m1/s1. The Morgan fingerprint density at radius 1 is 1.21 bits per heavy atom. The lowest BCUT2D eigenvalue weighted by atomic mass is 10.0. The molecule has 0 saturated carbocycles. The minimum absolute atomic E-state index is 0.109. The largest absolute Gasteiger partial charge is 0.483 e. The summed E-state index contributed by atoms with van der Waals surface area (Å²) in [5.74, 6) is 0.907. The minimum Gasteiger partial charge on any atom is -0.483 e. The van der Waals surface area contributed by atoms with Crippen molar-refractivity contribution in [1.29, 1.82) is 0 Å². The van der Waals surface area contributed by atoms with Crippen LogP contribution in [0.15, 0.2) is 9.98 Å². The number of hydrogen-bond acceptors (Lipinski definition) is 6. The van der Waals surface area contributed by atoms with Crippen LogP contribution in [0.3, 0.4) is 0 Å². The van der Waals surface area contributed by atoms with Crippen LogP contribution in [-0.4, -0.2) is 50.7 Å². The number of nitrogens with zero attached hydrogens (tertiary/aromatic N) is 2.